The number of likely N-dealkylation sites (N-methyl/N-ethyl adjacent to an activating group) is 1. The van der Waals surface area contributed by atoms with Gasteiger partial charge in [-0.15, -0.1) is 0 Å². The highest BCUT2D eigenvalue weighted by molar-refractivity contribution is 5.77. The fourth-order valence-electron chi connectivity index (χ4n) is 2.89. The van der Waals surface area contributed by atoms with E-state index in [9.17, 15) is 9.59 Å². The van der Waals surface area contributed by atoms with E-state index in [1.807, 2.05) is 26.0 Å². The SMILES string of the molecule is Cc1cc(C)cc(OCCN(C)C(=O)Cn2cnc3c(cnn3C)c2=O)c1. The van der Waals surface area contributed by atoms with Crippen molar-refractivity contribution in [2.24, 2.45) is 7.05 Å². The summed E-state index contributed by atoms with van der Waals surface area (Å²) in [6.07, 6.45) is 2.84. The van der Waals surface area contributed by atoms with Crippen LogP contribution in [0.15, 0.2) is 35.5 Å². The van der Waals surface area contributed by atoms with Crippen molar-refractivity contribution in [2.75, 3.05) is 20.2 Å². The fraction of sp³-hybridized carbons (Fsp3) is 0.368. The Balaban J connectivity index is 1.59. The monoisotopic (exact) mass is 369 g/mol. The molecule has 2 heterocycles. The Bertz CT molecular complexity index is 1020. The van der Waals surface area contributed by atoms with Gasteiger partial charge in [-0.25, -0.2) is 4.98 Å². The minimum absolute atomic E-state index is 0.0727. The second kappa shape index (κ2) is 7.61. The Hall–Kier alpha value is -3.16. The standard InChI is InChI=1S/C19H23N5O3/c1-13-7-14(2)9-15(8-13)27-6-5-22(3)17(25)11-24-12-20-18-16(19(24)26)10-21-23(18)4/h7-10,12H,5-6,11H2,1-4H3. The number of aromatic nitrogens is 4. The molecule has 0 aliphatic carbocycles. The third-order valence-corrected chi connectivity index (χ3v) is 4.34. The average molecular weight is 369 g/mol. The van der Waals surface area contributed by atoms with Crippen molar-refractivity contribution in [1.82, 2.24) is 24.2 Å². The number of benzene rings is 1. The number of hydrogen-bond acceptors (Lipinski definition) is 5. The highest BCUT2D eigenvalue weighted by Gasteiger charge is 2.13. The predicted octanol–water partition coefficient (Wildman–Crippen LogP) is 1.28. The molecule has 0 aliphatic rings. The molecule has 0 N–H and O–H groups in total. The molecule has 0 saturated heterocycles. The summed E-state index contributed by atoms with van der Waals surface area (Å²) in [6.45, 7) is 4.75. The number of aryl methyl sites for hydroxylation is 3. The van der Waals surface area contributed by atoms with Crippen molar-refractivity contribution in [2.45, 2.75) is 20.4 Å². The molecule has 0 aliphatic heterocycles. The molecule has 0 bridgehead atoms. The van der Waals surface area contributed by atoms with Crippen LogP contribution >= 0.6 is 0 Å². The van der Waals surface area contributed by atoms with Crippen LogP contribution in [0.25, 0.3) is 11.0 Å². The number of carbonyl (C=O) groups excluding carboxylic acids is 1. The summed E-state index contributed by atoms with van der Waals surface area (Å²) < 4.78 is 8.56. The number of hydrogen-bond donors (Lipinski definition) is 0. The Kier molecular flexibility index (Phi) is 5.25. The van der Waals surface area contributed by atoms with Crippen LogP contribution in [0.4, 0.5) is 0 Å². The van der Waals surface area contributed by atoms with Gasteiger partial charge in [-0.05, 0) is 37.1 Å². The lowest BCUT2D eigenvalue weighted by Crippen LogP contribution is -2.36. The van der Waals surface area contributed by atoms with Gasteiger partial charge >= 0.3 is 0 Å². The van der Waals surface area contributed by atoms with E-state index >= 15 is 0 Å². The molecule has 27 heavy (non-hydrogen) atoms. The Morgan fingerprint density at radius 3 is 2.63 bits per heavy atom. The maximum Gasteiger partial charge on any atom is 0.264 e. The van der Waals surface area contributed by atoms with Gasteiger partial charge in [0, 0.05) is 14.1 Å². The van der Waals surface area contributed by atoms with Crippen LogP contribution in [0.2, 0.25) is 0 Å². The molecule has 8 heteroatoms. The Labute approximate surface area is 157 Å². The van der Waals surface area contributed by atoms with Gasteiger partial charge in [-0.3, -0.25) is 18.8 Å². The molecule has 0 atom stereocenters. The lowest BCUT2D eigenvalue weighted by Gasteiger charge is -2.18. The molecule has 0 fully saturated rings. The number of ether oxygens (including phenoxy) is 1. The van der Waals surface area contributed by atoms with Gasteiger partial charge in [-0.1, -0.05) is 6.07 Å². The van der Waals surface area contributed by atoms with Crippen molar-refractivity contribution < 1.29 is 9.53 Å². The summed E-state index contributed by atoms with van der Waals surface area (Å²) in [5.74, 6) is 0.599. The summed E-state index contributed by atoms with van der Waals surface area (Å²) in [5, 5.41) is 4.42. The maximum atomic E-state index is 12.4. The Morgan fingerprint density at radius 2 is 1.93 bits per heavy atom. The third-order valence-electron chi connectivity index (χ3n) is 4.34. The second-order valence-electron chi connectivity index (χ2n) is 6.67. The smallest absolute Gasteiger partial charge is 0.264 e. The lowest BCUT2D eigenvalue weighted by atomic mass is 10.1. The average Bonchev–Trinajstić information content (AvgIpc) is 2.98. The maximum absolute atomic E-state index is 12.4. The number of nitrogens with zero attached hydrogens (tertiary/aromatic N) is 5. The summed E-state index contributed by atoms with van der Waals surface area (Å²) in [6, 6.07) is 6.00. The first-order chi connectivity index (χ1) is 12.8. The van der Waals surface area contributed by atoms with Crippen molar-refractivity contribution in [3.8, 4) is 5.75 Å². The first kappa shape index (κ1) is 18.6. The van der Waals surface area contributed by atoms with Gasteiger partial charge in [0.15, 0.2) is 5.65 Å². The largest absolute Gasteiger partial charge is 0.492 e. The quantitative estimate of drug-likeness (QED) is 0.654. The van der Waals surface area contributed by atoms with E-state index < -0.39 is 0 Å². The predicted molar refractivity (Wildman–Crippen MR) is 102 cm³/mol. The molecule has 0 unspecified atom stereocenters. The molecule has 3 aromatic rings. The zero-order valence-corrected chi connectivity index (χ0v) is 16.0. The topological polar surface area (TPSA) is 82.2 Å². The molecule has 0 radical (unpaired) electrons. The van der Waals surface area contributed by atoms with Gasteiger partial charge in [0.05, 0.1) is 12.7 Å². The highest BCUT2D eigenvalue weighted by Crippen LogP contribution is 2.16. The number of rotatable bonds is 6. The van der Waals surface area contributed by atoms with E-state index in [1.54, 1.807) is 19.0 Å². The van der Waals surface area contributed by atoms with Gasteiger partial charge in [0.2, 0.25) is 5.91 Å². The molecular weight excluding hydrogens is 346 g/mol. The molecule has 142 valence electrons. The molecular formula is C19H23N5O3. The van der Waals surface area contributed by atoms with E-state index in [2.05, 4.69) is 16.1 Å². The molecule has 8 nitrogen and oxygen atoms in total. The lowest BCUT2D eigenvalue weighted by molar-refractivity contribution is -0.130. The van der Waals surface area contributed by atoms with Crippen molar-refractivity contribution in [3.63, 3.8) is 0 Å². The summed E-state index contributed by atoms with van der Waals surface area (Å²) in [5.41, 5.74) is 2.49. The summed E-state index contributed by atoms with van der Waals surface area (Å²) in [4.78, 5) is 30.6. The molecule has 2 aromatic heterocycles. The number of carbonyl (C=O) groups is 1. The second-order valence-corrected chi connectivity index (χ2v) is 6.67. The minimum Gasteiger partial charge on any atom is -0.492 e. The van der Waals surface area contributed by atoms with Crippen LogP contribution in [0.5, 0.6) is 5.75 Å². The van der Waals surface area contributed by atoms with Gasteiger partial charge < -0.3 is 9.64 Å². The zero-order valence-electron chi connectivity index (χ0n) is 16.0. The third kappa shape index (κ3) is 4.16. The first-order valence-corrected chi connectivity index (χ1v) is 8.67. The van der Waals surface area contributed by atoms with Gasteiger partial charge in [-0.2, -0.15) is 5.10 Å². The summed E-state index contributed by atoms with van der Waals surface area (Å²) >= 11 is 0. The van der Waals surface area contributed by atoms with Crippen LogP contribution in [-0.4, -0.2) is 50.3 Å². The van der Waals surface area contributed by atoms with E-state index in [0.717, 1.165) is 16.9 Å². The van der Waals surface area contributed by atoms with Crippen LogP contribution in [0, 0.1) is 13.8 Å². The van der Waals surface area contributed by atoms with Gasteiger partial charge in [0.1, 0.15) is 30.6 Å². The van der Waals surface area contributed by atoms with Crippen LogP contribution in [-0.2, 0) is 18.4 Å². The normalized spacial score (nSPS) is 11.0. The van der Waals surface area contributed by atoms with Crippen molar-refractivity contribution in [3.05, 3.63) is 52.2 Å². The van der Waals surface area contributed by atoms with Crippen LogP contribution in [0.3, 0.4) is 0 Å². The number of fused-ring (bicyclic) bond motifs is 1. The van der Waals surface area contributed by atoms with Crippen LogP contribution in [0.1, 0.15) is 11.1 Å². The molecule has 0 spiro atoms. The Morgan fingerprint density at radius 1 is 1.22 bits per heavy atom. The van der Waals surface area contributed by atoms with E-state index in [0.29, 0.717) is 24.2 Å². The molecule has 0 saturated carbocycles. The first-order valence-electron chi connectivity index (χ1n) is 8.67. The van der Waals surface area contributed by atoms with Gasteiger partial charge in [0.25, 0.3) is 5.56 Å². The molecule has 1 amide bonds. The van der Waals surface area contributed by atoms with Crippen molar-refractivity contribution >= 4 is 16.9 Å². The highest BCUT2D eigenvalue weighted by atomic mass is 16.5. The van der Waals surface area contributed by atoms with E-state index in [1.165, 1.54) is 21.8 Å². The molecule has 1 aromatic carbocycles. The zero-order chi connectivity index (χ0) is 19.6. The summed E-state index contributed by atoms with van der Waals surface area (Å²) in [7, 11) is 3.40. The fourth-order valence-corrected chi connectivity index (χ4v) is 2.89. The van der Waals surface area contributed by atoms with E-state index in [4.69, 9.17) is 4.74 Å². The minimum atomic E-state index is -0.277. The van der Waals surface area contributed by atoms with E-state index in [-0.39, 0.29) is 18.0 Å². The molecule has 3 rings (SSSR count). The van der Waals surface area contributed by atoms with Crippen LogP contribution < -0.4 is 10.3 Å². The van der Waals surface area contributed by atoms with Crippen molar-refractivity contribution in [1.29, 1.82) is 0 Å². The number of amides is 1.